The van der Waals surface area contributed by atoms with E-state index in [-0.39, 0.29) is 5.41 Å². The molecule has 1 fully saturated rings. The van der Waals surface area contributed by atoms with Gasteiger partial charge in [-0.25, -0.2) is 0 Å². The van der Waals surface area contributed by atoms with Crippen molar-refractivity contribution in [2.45, 2.75) is 38.0 Å². The normalized spacial score (nSPS) is 27.5. The first-order chi connectivity index (χ1) is 9.06. The van der Waals surface area contributed by atoms with Gasteiger partial charge in [0.1, 0.15) is 5.75 Å². The molecular formula is C17H27NO. The van der Waals surface area contributed by atoms with Crippen LogP contribution in [0.25, 0.3) is 0 Å². The Balaban J connectivity index is 2.30. The van der Waals surface area contributed by atoms with Crippen LogP contribution in [0.3, 0.4) is 0 Å². The Morgan fingerprint density at radius 3 is 2.79 bits per heavy atom. The predicted octanol–water partition coefficient (Wildman–Crippen LogP) is 3.70. The minimum Gasteiger partial charge on any atom is -0.497 e. The molecule has 2 heteroatoms. The summed E-state index contributed by atoms with van der Waals surface area (Å²) >= 11 is 0. The Labute approximate surface area is 117 Å². The Hall–Kier alpha value is -1.02. The van der Waals surface area contributed by atoms with E-state index in [4.69, 9.17) is 4.74 Å². The highest BCUT2D eigenvalue weighted by molar-refractivity contribution is 5.34. The number of hydrogen-bond acceptors (Lipinski definition) is 2. The van der Waals surface area contributed by atoms with Crippen LogP contribution in [0.1, 0.15) is 38.2 Å². The van der Waals surface area contributed by atoms with Gasteiger partial charge in [-0.3, -0.25) is 0 Å². The molecular weight excluding hydrogens is 234 g/mol. The average Bonchev–Trinajstić information content (AvgIpc) is 2.41. The van der Waals surface area contributed by atoms with Gasteiger partial charge in [0.2, 0.25) is 0 Å². The van der Waals surface area contributed by atoms with E-state index >= 15 is 0 Å². The van der Waals surface area contributed by atoms with E-state index in [1.165, 1.54) is 37.8 Å². The molecule has 1 aromatic rings. The van der Waals surface area contributed by atoms with Crippen LogP contribution in [-0.4, -0.2) is 32.6 Å². The number of ether oxygens (including phenoxy) is 1. The maximum Gasteiger partial charge on any atom is 0.119 e. The van der Waals surface area contributed by atoms with Crippen LogP contribution >= 0.6 is 0 Å². The van der Waals surface area contributed by atoms with Crippen molar-refractivity contribution in [3.8, 4) is 5.75 Å². The van der Waals surface area contributed by atoms with Crippen LogP contribution < -0.4 is 4.74 Å². The molecule has 1 saturated carbocycles. The van der Waals surface area contributed by atoms with Gasteiger partial charge < -0.3 is 9.64 Å². The summed E-state index contributed by atoms with van der Waals surface area (Å²) in [7, 11) is 6.11. The third-order valence-electron chi connectivity index (χ3n) is 4.71. The van der Waals surface area contributed by atoms with Crippen LogP contribution in [0.5, 0.6) is 5.75 Å². The lowest BCUT2D eigenvalue weighted by Gasteiger charge is -2.43. The summed E-state index contributed by atoms with van der Waals surface area (Å²) in [5.74, 6) is 1.72. The second-order valence-electron chi connectivity index (χ2n) is 6.35. The first-order valence-electron chi connectivity index (χ1n) is 7.35. The zero-order valence-electron chi connectivity index (χ0n) is 12.8. The van der Waals surface area contributed by atoms with Crippen LogP contribution in [0.4, 0.5) is 0 Å². The van der Waals surface area contributed by atoms with Gasteiger partial charge in [0.25, 0.3) is 0 Å². The van der Waals surface area contributed by atoms with Crippen molar-refractivity contribution in [1.29, 1.82) is 0 Å². The molecule has 1 aliphatic carbocycles. The van der Waals surface area contributed by atoms with Gasteiger partial charge in [0, 0.05) is 6.54 Å². The lowest BCUT2D eigenvalue weighted by Crippen LogP contribution is -2.40. The van der Waals surface area contributed by atoms with Crippen molar-refractivity contribution in [3.05, 3.63) is 29.8 Å². The van der Waals surface area contributed by atoms with Gasteiger partial charge in [-0.2, -0.15) is 0 Å². The van der Waals surface area contributed by atoms with Crippen LogP contribution in [-0.2, 0) is 5.41 Å². The Morgan fingerprint density at radius 1 is 1.32 bits per heavy atom. The molecule has 2 atom stereocenters. The van der Waals surface area contributed by atoms with E-state index in [2.05, 4.69) is 44.1 Å². The summed E-state index contributed by atoms with van der Waals surface area (Å²) in [6.45, 7) is 3.61. The molecule has 106 valence electrons. The van der Waals surface area contributed by atoms with Crippen LogP contribution in [0.15, 0.2) is 24.3 Å². The van der Waals surface area contributed by atoms with Crippen molar-refractivity contribution in [1.82, 2.24) is 4.90 Å². The quantitative estimate of drug-likeness (QED) is 0.819. The predicted molar refractivity (Wildman–Crippen MR) is 80.9 cm³/mol. The molecule has 2 rings (SSSR count). The highest BCUT2D eigenvalue weighted by Crippen LogP contribution is 2.44. The fourth-order valence-electron chi connectivity index (χ4n) is 3.50. The topological polar surface area (TPSA) is 12.5 Å². The van der Waals surface area contributed by atoms with Gasteiger partial charge in [-0.1, -0.05) is 31.9 Å². The Kier molecular flexibility index (Phi) is 4.51. The summed E-state index contributed by atoms with van der Waals surface area (Å²) in [4.78, 5) is 2.33. The third-order valence-corrected chi connectivity index (χ3v) is 4.71. The summed E-state index contributed by atoms with van der Waals surface area (Å²) in [6, 6.07) is 8.67. The molecule has 0 saturated heterocycles. The first-order valence-corrected chi connectivity index (χ1v) is 7.35. The summed E-state index contributed by atoms with van der Waals surface area (Å²) in [5, 5.41) is 0. The highest BCUT2D eigenvalue weighted by Gasteiger charge is 2.38. The first kappa shape index (κ1) is 14.4. The summed E-state index contributed by atoms with van der Waals surface area (Å²) in [5.41, 5.74) is 1.73. The molecule has 0 aromatic heterocycles. The van der Waals surface area contributed by atoms with E-state index in [1.54, 1.807) is 7.11 Å². The molecule has 0 spiro atoms. The zero-order chi connectivity index (χ0) is 13.9. The van der Waals surface area contributed by atoms with Gasteiger partial charge in [0.15, 0.2) is 0 Å². The van der Waals surface area contributed by atoms with E-state index in [0.29, 0.717) is 0 Å². The molecule has 1 aliphatic rings. The number of rotatable bonds is 4. The lowest BCUT2D eigenvalue weighted by atomic mass is 9.63. The van der Waals surface area contributed by atoms with Crippen molar-refractivity contribution < 1.29 is 4.74 Å². The molecule has 19 heavy (non-hydrogen) atoms. The van der Waals surface area contributed by atoms with Gasteiger partial charge in [-0.15, -0.1) is 0 Å². The van der Waals surface area contributed by atoms with Gasteiger partial charge in [0.05, 0.1) is 7.11 Å². The molecule has 0 bridgehead atoms. The SMILES string of the molecule is COc1cccc(C2(C)CCCCC2CN(C)C)c1. The maximum absolute atomic E-state index is 5.40. The highest BCUT2D eigenvalue weighted by atomic mass is 16.5. The summed E-state index contributed by atoms with van der Waals surface area (Å²) in [6.07, 6.45) is 5.35. The van der Waals surface area contributed by atoms with Crippen molar-refractivity contribution in [3.63, 3.8) is 0 Å². The fourth-order valence-corrected chi connectivity index (χ4v) is 3.50. The van der Waals surface area contributed by atoms with Crippen LogP contribution in [0.2, 0.25) is 0 Å². The molecule has 0 aliphatic heterocycles. The molecule has 0 amide bonds. The molecule has 2 unspecified atom stereocenters. The fraction of sp³-hybridized carbons (Fsp3) is 0.647. The number of nitrogens with zero attached hydrogens (tertiary/aromatic N) is 1. The molecule has 0 N–H and O–H groups in total. The average molecular weight is 261 g/mol. The van der Waals surface area contributed by atoms with Crippen LogP contribution in [0, 0.1) is 5.92 Å². The largest absolute Gasteiger partial charge is 0.497 e. The Bertz CT molecular complexity index is 415. The number of methoxy groups -OCH3 is 1. The lowest BCUT2D eigenvalue weighted by molar-refractivity contribution is 0.160. The van der Waals surface area contributed by atoms with E-state index < -0.39 is 0 Å². The summed E-state index contributed by atoms with van der Waals surface area (Å²) < 4.78 is 5.40. The van der Waals surface area contributed by atoms with E-state index in [1.807, 2.05) is 6.07 Å². The molecule has 1 aromatic carbocycles. The molecule has 2 nitrogen and oxygen atoms in total. The van der Waals surface area contributed by atoms with E-state index in [9.17, 15) is 0 Å². The third kappa shape index (κ3) is 3.11. The zero-order valence-corrected chi connectivity index (χ0v) is 12.8. The number of benzene rings is 1. The van der Waals surface area contributed by atoms with Gasteiger partial charge >= 0.3 is 0 Å². The van der Waals surface area contributed by atoms with Crippen molar-refractivity contribution in [2.24, 2.45) is 5.92 Å². The Morgan fingerprint density at radius 2 is 2.11 bits per heavy atom. The van der Waals surface area contributed by atoms with Crippen molar-refractivity contribution >= 4 is 0 Å². The minimum atomic E-state index is 0.289. The standard InChI is InChI=1S/C17H27NO/c1-17(14-9-7-10-16(12-14)19-4)11-6-5-8-15(17)13-18(2)3/h7,9-10,12,15H,5-6,8,11,13H2,1-4H3. The second-order valence-corrected chi connectivity index (χ2v) is 6.35. The molecule has 0 heterocycles. The maximum atomic E-state index is 5.40. The van der Waals surface area contributed by atoms with Gasteiger partial charge in [-0.05, 0) is 56.0 Å². The molecule has 0 radical (unpaired) electrons. The second kappa shape index (κ2) is 5.96. The smallest absolute Gasteiger partial charge is 0.119 e. The number of hydrogen-bond donors (Lipinski definition) is 0. The van der Waals surface area contributed by atoms with E-state index in [0.717, 1.165) is 11.7 Å². The monoisotopic (exact) mass is 261 g/mol. The minimum absolute atomic E-state index is 0.289. The van der Waals surface area contributed by atoms with Crippen molar-refractivity contribution in [2.75, 3.05) is 27.7 Å².